The molecule has 0 saturated carbocycles. The van der Waals surface area contributed by atoms with Crippen molar-refractivity contribution in [3.8, 4) is 6.07 Å². The lowest BCUT2D eigenvalue weighted by Gasteiger charge is -1.99. The van der Waals surface area contributed by atoms with Crippen LogP contribution in [0.15, 0.2) is 38.9 Å². The second-order valence-corrected chi connectivity index (χ2v) is 5.32. The first kappa shape index (κ1) is 10.5. The predicted molar refractivity (Wildman–Crippen MR) is 62.4 cm³/mol. The average Bonchev–Trinajstić information content (AvgIpc) is 2.69. The number of halogens is 1. The topological polar surface area (TPSA) is 36.7 Å². The summed E-state index contributed by atoms with van der Waals surface area (Å²) in [5.74, 6) is 0. The maximum Gasteiger partial charge on any atom is 0.131 e. The van der Waals surface area contributed by atoms with Crippen LogP contribution >= 0.6 is 34.7 Å². The summed E-state index contributed by atoms with van der Waals surface area (Å²) in [7, 11) is 0. The van der Waals surface area contributed by atoms with Gasteiger partial charge in [-0.3, -0.25) is 0 Å². The lowest BCUT2D eigenvalue weighted by atomic mass is 10.3. The van der Waals surface area contributed by atoms with Gasteiger partial charge in [-0.15, -0.1) is 11.3 Å². The van der Waals surface area contributed by atoms with Crippen LogP contribution in [-0.2, 0) is 0 Å². The maximum absolute atomic E-state index is 8.77. The summed E-state index contributed by atoms with van der Waals surface area (Å²) < 4.78 is 1.13. The number of hydrogen-bond acceptors (Lipinski definition) is 4. The molecule has 15 heavy (non-hydrogen) atoms. The second-order valence-electron chi connectivity index (χ2n) is 2.66. The maximum atomic E-state index is 8.77. The van der Waals surface area contributed by atoms with Gasteiger partial charge < -0.3 is 0 Å². The zero-order valence-corrected chi connectivity index (χ0v) is 9.86. The molecule has 2 aromatic heterocycles. The van der Waals surface area contributed by atoms with E-state index in [1.54, 1.807) is 23.5 Å². The molecule has 2 nitrogen and oxygen atoms in total. The van der Waals surface area contributed by atoms with Crippen molar-refractivity contribution in [3.05, 3.63) is 40.4 Å². The van der Waals surface area contributed by atoms with E-state index in [9.17, 15) is 0 Å². The van der Waals surface area contributed by atoms with Crippen LogP contribution in [0, 0.1) is 11.3 Å². The van der Waals surface area contributed by atoms with Crippen molar-refractivity contribution in [1.82, 2.24) is 4.98 Å². The standard InChI is InChI=1S/C10H5ClN2S2/c11-8-4-7(6-12)5-9(13-8)15-10-2-1-3-14-10/h1-5H. The van der Waals surface area contributed by atoms with Gasteiger partial charge >= 0.3 is 0 Å². The Balaban J connectivity index is 2.29. The normalized spacial score (nSPS) is 9.87. The molecule has 0 amide bonds. The Morgan fingerprint density at radius 3 is 3.00 bits per heavy atom. The molecular formula is C10H5ClN2S2. The highest BCUT2D eigenvalue weighted by Crippen LogP contribution is 2.31. The van der Waals surface area contributed by atoms with Gasteiger partial charge in [0.2, 0.25) is 0 Å². The minimum absolute atomic E-state index is 0.355. The van der Waals surface area contributed by atoms with E-state index in [4.69, 9.17) is 16.9 Å². The highest BCUT2D eigenvalue weighted by Gasteiger charge is 2.03. The summed E-state index contributed by atoms with van der Waals surface area (Å²) in [5.41, 5.74) is 0.536. The Hall–Kier alpha value is -1.02. The summed E-state index contributed by atoms with van der Waals surface area (Å²) in [6.45, 7) is 0. The van der Waals surface area contributed by atoms with E-state index in [-0.39, 0.29) is 0 Å². The third-order valence-electron chi connectivity index (χ3n) is 1.60. The first-order chi connectivity index (χ1) is 7.28. The predicted octanol–water partition coefficient (Wildman–Crippen LogP) is 3.82. The average molecular weight is 253 g/mol. The lowest BCUT2D eigenvalue weighted by molar-refractivity contribution is 1.13. The van der Waals surface area contributed by atoms with Crippen LogP contribution in [0.3, 0.4) is 0 Å². The fraction of sp³-hybridized carbons (Fsp3) is 0. The van der Waals surface area contributed by atoms with Gasteiger partial charge in [-0.2, -0.15) is 5.26 Å². The fourth-order valence-corrected chi connectivity index (χ4v) is 3.02. The third kappa shape index (κ3) is 2.72. The van der Waals surface area contributed by atoms with E-state index >= 15 is 0 Å². The van der Waals surface area contributed by atoms with E-state index in [1.807, 2.05) is 17.5 Å². The Kier molecular flexibility index (Phi) is 3.27. The quantitative estimate of drug-likeness (QED) is 0.763. The molecule has 0 atom stereocenters. The van der Waals surface area contributed by atoms with Gasteiger partial charge in [-0.05, 0) is 23.6 Å². The van der Waals surface area contributed by atoms with Crippen LogP contribution in [-0.4, -0.2) is 4.98 Å². The Morgan fingerprint density at radius 1 is 1.47 bits per heavy atom. The zero-order valence-electron chi connectivity index (χ0n) is 7.48. The molecule has 0 aromatic carbocycles. The lowest BCUT2D eigenvalue weighted by Crippen LogP contribution is -1.83. The first-order valence-corrected chi connectivity index (χ1v) is 6.14. The molecule has 74 valence electrons. The summed E-state index contributed by atoms with van der Waals surface area (Å²) in [6, 6.07) is 9.32. The highest BCUT2D eigenvalue weighted by atomic mass is 35.5. The van der Waals surface area contributed by atoms with Crippen LogP contribution < -0.4 is 0 Å². The van der Waals surface area contributed by atoms with Crippen molar-refractivity contribution in [2.75, 3.05) is 0 Å². The number of hydrogen-bond donors (Lipinski definition) is 0. The van der Waals surface area contributed by atoms with Crippen LogP contribution in [0.4, 0.5) is 0 Å². The number of aromatic nitrogens is 1. The first-order valence-electron chi connectivity index (χ1n) is 4.07. The summed E-state index contributed by atoms with van der Waals surface area (Å²) in [4.78, 5) is 4.14. The summed E-state index contributed by atoms with van der Waals surface area (Å²) in [5, 5.41) is 11.9. The minimum atomic E-state index is 0.355. The van der Waals surface area contributed by atoms with Crippen molar-refractivity contribution < 1.29 is 0 Å². The SMILES string of the molecule is N#Cc1cc(Cl)nc(Sc2cccs2)c1. The number of nitrogens with zero attached hydrogens (tertiary/aromatic N) is 2. The van der Waals surface area contributed by atoms with Crippen molar-refractivity contribution in [1.29, 1.82) is 5.26 Å². The van der Waals surface area contributed by atoms with Crippen LogP contribution in [0.5, 0.6) is 0 Å². The summed E-state index contributed by atoms with van der Waals surface area (Å²) in [6.07, 6.45) is 0. The smallest absolute Gasteiger partial charge is 0.131 e. The molecule has 0 fully saturated rings. The molecule has 0 radical (unpaired) electrons. The van der Waals surface area contributed by atoms with Gasteiger partial charge in [-0.25, -0.2) is 4.98 Å². The number of thiophene rings is 1. The van der Waals surface area contributed by atoms with Crippen LogP contribution in [0.2, 0.25) is 5.15 Å². The van der Waals surface area contributed by atoms with E-state index in [0.717, 1.165) is 9.24 Å². The molecule has 0 saturated heterocycles. The molecule has 2 aromatic rings. The Morgan fingerprint density at radius 2 is 2.33 bits per heavy atom. The number of nitriles is 1. The van der Waals surface area contributed by atoms with Gasteiger partial charge in [0, 0.05) is 0 Å². The van der Waals surface area contributed by atoms with E-state index in [0.29, 0.717) is 10.7 Å². The number of pyridine rings is 1. The van der Waals surface area contributed by atoms with Crippen LogP contribution in [0.25, 0.3) is 0 Å². The van der Waals surface area contributed by atoms with Crippen molar-refractivity contribution >= 4 is 34.7 Å². The fourth-order valence-electron chi connectivity index (χ4n) is 1.01. The molecule has 5 heteroatoms. The molecule has 0 N–H and O–H groups in total. The van der Waals surface area contributed by atoms with E-state index in [1.165, 1.54) is 11.8 Å². The molecular weight excluding hydrogens is 248 g/mol. The van der Waals surface area contributed by atoms with Crippen molar-refractivity contribution in [2.45, 2.75) is 9.24 Å². The van der Waals surface area contributed by atoms with Crippen molar-refractivity contribution in [3.63, 3.8) is 0 Å². The molecule has 0 bridgehead atoms. The zero-order chi connectivity index (χ0) is 10.7. The Labute approximate surface area is 101 Å². The molecule has 2 rings (SSSR count). The molecule has 0 aliphatic heterocycles. The molecule has 2 heterocycles. The Bertz CT molecular complexity index is 503. The van der Waals surface area contributed by atoms with E-state index < -0.39 is 0 Å². The van der Waals surface area contributed by atoms with Gasteiger partial charge in [0.15, 0.2) is 0 Å². The van der Waals surface area contributed by atoms with Crippen molar-refractivity contribution in [2.24, 2.45) is 0 Å². The molecule has 0 spiro atoms. The van der Waals surface area contributed by atoms with E-state index in [2.05, 4.69) is 11.1 Å². The monoisotopic (exact) mass is 252 g/mol. The molecule has 0 unspecified atom stereocenters. The van der Waals surface area contributed by atoms with Crippen LogP contribution in [0.1, 0.15) is 5.56 Å². The highest BCUT2D eigenvalue weighted by molar-refractivity contribution is 8.01. The second kappa shape index (κ2) is 4.67. The van der Waals surface area contributed by atoms with Gasteiger partial charge in [0.1, 0.15) is 10.2 Å². The summed E-state index contributed by atoms with van der Waals surface area (Å²) >= 11 is 8.94. The van der Waals surface area contributed by atoms with Gasteiger partial charge in [0.25, 0.3) is 0 Å². The van der Waals surface area contributed by atoms with Gasteiger partial charge in [-0.1, -0.05) is 29.4 Å². The minimum Gasteiger partial charge on any atom is -0.229 e. The largest absolute Gasteiger partial charge is 0.229 e. The number of rotatable bonds is 2. The molecule has 0 aliphatic rings. The molecule has 0 aliphatic carbocycles. The third-order valence-corrected chi connectivity index (χ3v) is 3.75. The van der Waals surface area contributed by atoms with Gasteiger partial charge in [0.05, 0.1) is 15.8 Å².